The van der Waals surface area contributed by atoms with Crippen molar-refractivity contribution in [1.29, 1.82) is 0 Å². The van der Waals surface area contributed by atoms with E-state index in [0.29, 0.717) is 0 Å². The summed E-state index contributed by atoms with van der Waals surface area (Å²) >= 11 is 6.50. The van der Waals surface area contributed by atoms with Crippen LogP contribution in [-0.4, -0.2) is 40.7 Å². The minimum atomic E-state index is -2.89. The van der Waals surface area contributed by atoms with E-state index in [1.165, 1.54) is 29.2 Å². The van der Waals surface area contributed by atoms with E-state index in [4.69, 9.17) is 11.6 Å². The number of aryl methyl sites for hydroxylation is 1. The summed E-state index contributed by atoms with van der Waals surface area (Å²) in [5.41, 5.74) is 1.12. The Kier molecular flexibility index (Phi) is 7.55. The molecule has 7 nitrogen and oxygen atoms in total. The zero-order valence-corrected chi connectivity index (χ0v) is 22.2. The maximum absolute atomic E-state index is 14.5. The Labute approximate surface area is 233 Å². The molecule has 0 unspecified atom stereocenters. The van der Waals surface area contributed by atoms with Crippen molar-refractivity contribution in [3.63, 3.8) is 0 Å². The molecule has 40 heavy (non-hydrogen) atoms. The number of hydrogen-bond acceptors (Lipinski definition) is 4. The van der Waals surface area contributed by atoms with Crippen molar-refractivity contribution in [3.05, 3.63) is 88.8 Å². The summed E-state index contributed by atoms with van der Waals surface area (Å²) in [7, 11) is 0. The van der Waals surface area contributed by atoms with E-state index < -0.39 is 54.5 Å². The SMILES string of the molecule is Cc1ccc(N2C(=O)CC[C@H]2C(=O)N(c2cccc(F)c2)[C@H](C(=O)NC2CC(F)(F)C2)c2ccccc2Cl)nc1. The van der Waals surface area contributed by atoms with Gasteiger partial charge in [-0.3, -0.25) is 24.2 Å². The van der Waals surface area contributed by atoms with Gasteiger partial charge in [0, 0.05) is 47.8 Å². The van der Waals surface area contributed by atoms with Gasteiger partial charge in [0.1, 0.15) is 23.7 Å². The lowest BCUT2D eigenvalue weighted by Gasteiger charge is -2.39. The molecule has 2 fully saturated rings. The summed E-state index contributed by atoms with van der Waals surface area (Å²) in [6, 6.07) is 11.5. The molecule has 1 saturated heterocycles. The van der Waals surface area contributed by atoms with Gasteiger partial charge in [0.2, 0.25) is 11.8 Å². The van der Waals surface area contributed by atoms with Crippen molar-refractivity contribution < 1.29 is 27.6 Å². The molecule has 0 bridgehead atoms. The van der Waals surface area contributed by atoms with Gasteiger partial charge in [0.15, 0.2) is 0 Å². The Morgan fingerprint density at radius 3 is 2.52 bits per heavy atom. The number of anilines is 2. The Hall–Kier alpha value is -3.92. The average molecular weight is 571 g/mol. The van der Waals surface area contributed by atoms with Crippen LogP contribution in [0.1, 0.15) is 42.9 Å². The zero-order valence-electron chi connectivity index (χ0n) is 21.5. The number of hydrogen-bond donors (Lipinski definition) is 1. The van der Waals surface area contributed by atoms with E-state index in [9.17, 15) is 27.6 Å². The van der Waals surface area contributed by atoms with Crippen LogP contribution < -0.4 is 15.1 Å². The third kappa shape index (κ3) is 5.54. The summed E-state index contributed by atoms with van der Waals surface area (Å²) < 4.78 is 41.6. The minimum Gasteiger partial charge on any atom is -0.351 e. The maximum atomic E-state index is 14.5. The van der Waals surface area contributed by atoms with E-state index in [0.717, 1.165) is 16.5 Å². The number of nitrogens with one attached hydrogen (secondary N) is 1. The molecule has 1 saturated carbocycles. The second-order valence-corrected chi connectivity index (χ2v) is 10.5. The largest absolute Gasteiger partial charge is 0.351 e. The van der Waals surface area contributed by atoms with Crippen LogP contribution in [0.4, 0.5) is 24.7 Å². The highest BCUT2D eigenvalue weighted by Gasteiger charge is 2.48. The molecule has 11 heteroatoms. The lowest BCUT2D eigenvalue weighted by atomic mass is 9.87. The molecule has 1 N–H and O–H groups in total. The number of rotatable bonds is 7. The van der Waals surface area contributed by atoms with Gasteiger partial charge in [-0.1, -0.05) is 41.9 Å². The fourth-order valence-corrected chi connectivity index (χ4v) is 5.37. The Morgan fingerprint density at radius 1 is 1.12 bits per heavy atom. The summed E-state index contributed by atoms with van der Waals surface area (Å²) in [4.78, 5) is 47.8. The molecule has 5 rings (SSSR count). The molecule has 0 spiro atoms. The van der Waals surface area contributed by atoms with Crippen LogP contribution in [0.25, 0.3) is 0 Å². The van der Waals surface area contributed by atoms with Crippen molar-refractivity contribution in [3.8, 4) is 0 Å². The number of amides is 3. The van der Waals surface area contributed by atoms with Crippen LogP contribution in [0, 0.1) is 12.7 Å². The van der Waals surface area contributed by atoms with Crippen LogP contribution in [0.3, 0.4) is 0 Å². The highest BCUT2D eigenvalue weighted by molar-refractivity contribution is 6.31. The average Bonchev–Trinajstić information content (AvgIpc) is 3.28. The van der Waals surface area contributed by atoms with Crippen LogP contribution in [0.2, 0.25) is 5.02 Å². The maximum Gasteiger partial charge on any atom is 0.252 e. The van der Waals surface area contributed by atoms with E-state index >= 15 is 0 Å². The molecule has 1 aliphatic heterocycles. The van der Waals surface area contributed by atoms with Gasteiger partial charge in [-0.15, -0.1) is 0 Å². The highest BCUT2D eigenvalue weighted by atomic mass is 35.5. The number of alkyl halides is 2. The number of carbonyl (C=O) groups excluding carboxylic acids is 3. The van der Waals surface area contributed by atoms with Crippen molar-refractivity contribution in [2.24, 2.45) is 0 Å². The molecule has 3 amide bonds. The van der Waals surface area contributed by atoms with Crippen LogP contribution >= 0.6 is 11.6 Å². The summed E-state index contributed by atoms with van der Waals surface area (Å²) in [6.45, 7) is 1.84. The number of nitrogens with zero attached hydrogens (tertiary/aromatic N) is 3. The fraction of sp³-hybridized carbons (Fsp3) is 0.310. The fourth-order valence-electron chi connectivity index (χ4n) is 5.14. The molecule has 2 aliphatic rings. The summed E-state index contributed by atoms with van der Waals surface area (Å²) in [5.74, 6) is -5.03. The molecule has 3 aromatic rings. The molecule has 2 aromatic carbocycles. The van der Waals surface area contributed by atoms with Crippen molar-refractivity contribution in [2.75, 3.05) is 9.80 Å². The van der Waals surface area contributed by atoms with Crippen molar-refractivity contribution in [2.45, 2.75) is 56.7 Å². The number of aromatic nitrogens is 1. The molecule has 2 atom stereocenters. The number of carbonyl (C=O) groups is 3. The standard InChI is InChI=1S/C29H26ClF3N4O3/c1-17-9-11-24(34-16-17)37-23(10-12-25(37)38)28(40)36(20-6-4-5-18(31)13-20)26(21-7-2-3-8-22(21)30)27(39)35-19-14-29(32,33)15-19/h2-9,11,13,16,19,23,26H,10,12,14-15H2,1H3,(H,35,39)/t23-,26-/m0/s1. The second kappa shape index (κ2) is 10.9. The summed E-state index contributed by atoms with van der Waals surface area (Å²) in [5, 5.41) is 2.76. The normalized spacial score (nSPS) is 19.2. The van der Waals surface area contributed by atoms with Gasteiger partial charge in [0.25, 0.3) is 11.8 Å². The zero-order chi connectivity index (χ0) is 28.6. The third-order valence-electron chi connectivity index (χ3n) is 7.11. The number of halogens is 4. The van der Waals surface area contributed by atoms with Gasteiger partial charge in [-0.2, -0.15) is 0 Å². The van der Waals surface area contributed by atoms with E-state index in [2.05, 4.69) is 10.3 Å². The van der Waals surface area contributed by atoms with E-state index in [1.807, 2.05) is 6.92 Å². The van der Waals surface area contributed by atoms with Crippen molar-refractivity contribution in [1.82, 2.24) is 10.3 Å². The molecule has 1 aromatic heterocycles. The molecule has 2 heterocycles. The van der Waals surface area contributed by atoms with Crippen LogP contribution in [-0.2, 0) is 14.4 Å². The lowest BCUT2D eigenvalue weighted by Crippen LogP contribution is -2.56. The lowest BCUT2D eigenvalue weighted by molar-refractivity contribution is -0.133. The first kappa shape index (κ1) is 27.6. The predicted molar refractivity (Wildman–Crippen MR) is 144 cm³/mol. The van der Waals surface area contributed by atoms with Gasteiger partial charge >= 0.3 is 0 Å². The quantitative estimate of drug-likeness (QED) is 0.414. The molecule has 208 valence electrons. The molecular weight excluding hydrogens is 545 g/mol. The smallest absolute Gasteiger partial charge is 0.252 e. The molecular formula is C29H26ClF3N4O3. The summed E-state index contributed by atoms with van der Waals surface area (Å²) in [6.07, 6.45) is 0.687. The first-order valence-electron chi connectivity index (χ1n) is 12.8. The molecule has 1 aliphatic carbocycles. The second-order valence-electron chi connectivity index (χ2n) is 10.1. The highest BCUT2D eigenvalue weighted by Crippen LogP contribution is 2.39. The first-order valence-corrected chi connectivity index (χ1v) is 13.2. The van der Waals surface area contributed by atoms with Gasteiger partial charge in [0.05, 0.1) is 0 Å². The van der Waals surface area contributed by atoms with Crippen molar-refractivity contribution >= 4 is 40.8 Å². The van der Waals surface area contributed by atoms with Gasteiger partial charge < -0.3 is 5.32 Å². The van der Waals surface area contributed by atoms with E-state index in [-0.39, 0.29) is 40.8 Å². The topological polar surface area (TPSA) is 82.6 Å². The van der Waals surface area contributed by atoms with Crippen LogP contribution in [0.5, 0.6) is 0 Å². The Bertz CT molecular complexity index is 1440. The van der Waals surface area contributed by atoms with Gasteiger partial charge in [-0.05, 0) is 49.2 Å². The van der Waals surface area contributed by atoms with E-state index in [1.54, 1.807) is 36.5 Å². The Morgan fingerprint density at radius 2 is 1.88 bits per heavy atom. The number of benzene rings is 2. The monoisotopic (exact) mass is 570 g/mol. The minimum absolute atomic E-state index is 0.0418. The van der Waals surface area contributed by atoms with Crippen LogP contribution in [0.15, 0.2) is 66.9 Å². The number of pyridine rings is 1. The predicted octanol–water partition coefficient (Wildman–Crippen LogP) is 5.37. The molecule has 0 radical (unpaired) electrons. The third-order valence-corrected chi connectivity index (χ3v) is 7.45. The van der Waals surface area contributed by atoms with Gasteiger partial charge in [-0.25, -0.2) is 18.2 Å². The Balaban J connectivity index is 1.60. The first-order chi connectivity index (χ1) is 19.0.